The van der Waals surface area contributed by atoms with Crippen molar-refractivity contribution in [3.05, 3.63) is 22.4 Å². The number of ether oxygens (including phenoxy) is 3. The lowest BCUT2D eigenvalue weighted by molar-refractivity contribution is 0.0275. The van der Waals surface area contributed by atoms with E-state index in [1.54, 1.807) is 21.3 Å². The molecule has 1 heterocycles. The van der Waals surface area contributed by atoms with Crippen molar-refractivity contribution in [3.63, 3.8) is 0 Å². The highest BCUT2D eigenvalue weighted by Crippen LogP contribution is 2.31. The lowest BCUT2D eigenvalue weighted by Gasteiger charge is -2.24. The molecule has 0 fully saturated rings. The summed E-state index contributed by atoms with van der Waals surface area (Å²) in [4.78, 5) is 18.3. The van der Waals surface area contributed by atoms with Crippen LogP contribution >= 0.6 is 15.9 Å². The number of aromatic nitrogens is 2. The summed E-state index contributed by atoms with van der Waals surface area (Å²) in [6.07, 6.45) is -0.401. The minimum atomic E-state index is -0.545. The minimum Gasteiger partial charge on any atom is -0.495 e. The van der Waals surface area contributed by atoms with Gasteiger partial charge in [0.15, 0.2) is 0 Å². The van der Waals surface area contributed by atoms with Crippen LogP contribution in [0.15, 0.2) is 16.6 Å². The topological polar surface area (TPSA) is 65.8 Å². The first-order chi connectivity index (χ1) is 11.7. The highest BCUT2D eigenvalue weighted by Gasteiger charge is 2.22. The molecule has 0 unspecified atom stereocenters. The van der Waals surface area contributed by atoms with Crippen LogP contribution in [0.2, 0.25) is 0 Å². The van der Waals surface area contributed by atoms with E-state index >= 15 is 0 Å². The van der Waals surface area contributed by atoms with Gasteiger partial charge in [0.25, 0.3) is 0 Å². The molecule has 0 spiro atoms. The summed E-state index contributed by atoms with van der Waals surface area (Å²) in [6.45, 7) is 6.12. The van der Waals surface area contributed by atoms with E-state index in [2.05, 4.69) is 20.9 Å². The fourth-order valence-corrected chi connectivity index (χ4v) is 2.84. The van der Waals surface area contributed by atoms with Crippen LogP contribution in [0.25, 0.3) is 11.0 Å². The molecule has 1 aromatic heterocycles. The van der Waals surface area contributed by atoms with Gasteiger partial charge in [0.05, 0.1) is 29.2 Å². The summed E-state index contributed by atoms with van der Waals surface area (Å²) >= 11 is 3.47. The molecule has 8 heteroatoms. The molecule has 7 nitrogen and oxygen atoms in total. The number of nitrogens with zero attached hydrogens (tertiary/aromatic N) is 3. The lowest BCUT2D eigenvalue weighted by atomic mass is 10.2. The Labute approximate surface area is 156 Å². The van der Waals surface area contributed by atoms with Crippen molar-refractivity contribution in [1.29, 1.82) is 0 Å². The quantitative estimate of drug-likeness (QED) is 0.745. The molecule has 2 rings (SSSR count). The van der Waals surface area contributed by atoms with Gasteiger partial charge in [0, 0.05) is 20.2 Å². The van der Waals surface area contributed by atoms with Gasteiger partial charge in [-0.1, -0.05) is 0 Å². The number of hydrogen-bond acceptors (Lipinski definition) is 5. The van der Waals surface area contributed by atoms with Gasteiger partial charge in [-0.05, 0) is 42.8 Å². The number of methoxy groups -OCH3 is 2. The highest BCUT2D eigenvalue weighted by molar-refractivity contribution is 9.10. The first-order valence-electron chi connectivity index (χ1n) is 7.82. The summed E-state index contributed by atoms with van der Waals surface area (Å²) in [5.41, 5.74) is 1.11. The number of amides is 1. The first kappa shape index (κ1) is 19.5. The smallest absolute Gasteiger partial charge is 0.410 e. The summed E-state index contributed by atoms with van der Waals surface area (Å²) in [7, 11) is 4.91. The van der Waals surface area contributed by atoms with Crippen LogP contribution in [0.1, 0.15) is 26.6 Å². The van der Waals surface area contributed by atoms with Crippen molar-refractivity contribution in [2.45, 2.75) is 39.6 Å². The second kappa shape index (κ2) is 7.61. The molecule has 0 radical (unpaired) electrons. The maximum atomic E-state index is 12.2. The standard InChI is InChI=1S/C17H24BrN3O4/c1-17(2,3)25-16(22)20(4)9-15-19-12-7-11(18)14(24-6)8-13(12)21(15)10-23-5/h7-8H,9-10H2,1-6H3. The van der Waals surface area contributed by atoms with E-state index in [4.69, 9.17) is 14.2 Å². The highest BCUT2D eigenvalue weighted by atomic mass is 79.9. The van der Waals surface area contributed by atoms with Crippen LogP contribution in [0.4, 0.5) is 4.79 Å². The summed E-state index contributed by atoms with van der Waals surface area (Å²) < 4.78 is 18.8. The predicted octanol–water partition coefficient (Wildman–Crippen LogP) is 3.78. The zero-order valence-corrected chi connectivity index (χ0v) is 17.0. The fraction of sp³-hybridized carbons (Fsp3) is 0.529. The Kier molecular flexibility index (Phi) is 5.95. The van der Waals surface area contributed by atoms with Gasteiger partial charge in [-0.2, -0.15) is 0 Å². The van der Waals surface area contributed by atoms with Crippen LogP contribution in [-0.2, 0) is 22.7 Å². The average molecular weight is 414 g/mol. The van der Waals surface area contributed by atoms with E-state index in [0.717, 1.165) is 15.5 Å². The maximum absolute atomic E-state index is 12.2. The largest absolute Gasteiger partial charge is 0.495 e. The summed E-state index contributed by atoms with van der Waals surface area (Å²) in [6, 6.07) is 3.78. The average Bonchev–Trinajstić information content (AvgIpc) is 2.81. The van der Waals surface area contributed by atoms with Crippen LogP contribution < -0.4 is 4.74 Å². The number of hydrogen-bond donors (Lipinski definition) is 0. The fourth-order valence-electron chi connectivity index (χ4n) is 2.34. The van der Waals surface area contributed by atoms with Gasteiger partial charge in [0.1, 0.15) is 23.9 Å². The second-order valence-electron chi connectivity index (χ2n) is 6.69. The third-order valence-electron chi connectivity index (χ3n) is 3.44. The number of benzene rings is 1. The molecule has 1 aromatic carbocycles. The number of fused-ring (bicyclic) bond motifs is 1. The second-order valence-corrected chi connectivity index (χ2v) is 7.54. The van der Waals surface area contributed by atoms with Crippen LogP contribution in [0.3, 0.4) is 0 Å². The van der Waals surface area contributed by atoms with Gasteiger partial charge in [-0.3, -0.25) is 0 Å². The molecule has 0 saturated carbocycles. The van der Waals surface area contributed by atoms with Crippen LogP contribution in [0.5, 0.6) is 5.75 Å². The summed E-state index contributed by atoms with van der Waals surface area (Å²) in [5, 5.41) is 0. The van der Waals surface area contributed by atoms with E-state index in [0.29, 0.717) is 24.8 Å². The first-order valence-corrected chi connectivity index (χ1v) is 8.61. The van der Waals surface area contributed by atoms with Crippen LogP contribution in [-0.4, -0.2) is 47.4 Å². The molecule has 0 saturated heterocycles. The molecule has 0 aliphatic rings. The Morgan fingerprint density at radius 1 is 1.32 bits per heavy atom. The Balaban J connectivity index is 2.36. The Morgan fingerprint density at radius 3 is 2.56 bits per heavy atom. The van der Waals surface area contributed by atoms with E-state index < -0.39 is 11.7 Å². The van der Waals surface area contributed by atoms with Gasteiger partial charge < -0.3 is 23.7 Å². The molecule has 0 N–H and O–H groups in total. The van der Waals surface area contributed by atoms with E-state index in [9.17, 15) is 4.79 Å². The molecule has 25 heavy (non-hydrogen) atoms. The van der Waals surface area contributed by atoms with Crippen molar-refractivity contribution < 1.29 is 19.0 Å². The SMILES string of the molecule is COCn1c(CN(C)C(=O)OC(C)(C)C)nc2cc(Br)c(OC)cc21. The van der Waals surface area contributed by atoms with Gasteiger partial charge in [0.2, 0.25) is 0 Å². The van der Waals surface area contributed by atoms with Gasteiger partial charge in [-0.15, -0.1) is 0 Å². The number of rotatable bonds is 5. The molecule has 0 bridgehead atoms. The van der Waals surface area contributed by atoms with Crippen LogP contribution in [0, 0.1) is 0 Å². The maximum Gasteiger partial charge on any atom is 0.410 e. The van der Waals surface area contributed by atoms with E-state index in [1.807, 2.05) is 37.5 Å². The molecule has 0 aliphatic carbocycles. The van der Waals surface area contributed by atoms with E-state index in [1.165, 1.54) is 4.90 Å². The predicted molar refractivity (Wildman–Crippen MR) is 98.7 cm³/mol. The third-order valence-corrected chi connectivity index (χ3v) is 4.06. The Hall–Kier alpha value is -1.80. The van der Waals surface area contributed by atoms with Crippen molar-refractivity contribution in [2.24, 2.45) is 0 Å². The Morgan fingerprint density at radius 2 is 2.00 bits per heavy atom. The summed E-state index contributed by atoms with van der Waals surface area (Å²) in [5.74, 6) is 1.40. The zero-order chi connectivity index (χ0) is 18.8. The van der Waals surface area contributed by atoms with Crippen molar-refractivity contribution in [3.8, 4) is 5.75 Å². The number of carbonyl (C=O) groups is 1. The van der Waals surface area contributed by atoms with Crippen molar-refractivity contribution >= 4 is 33.1 Å². The van der Waals surface area contributed by atoms with Crippen molar-refractivity contribution in [1.82, 2.24) is 14.5 Å². The molecule has 0 atom stereocenters. The normalized spacial score (nSPS) is 11.6. The number of carbonyl (C=O) groups excluding carboxylic acids is 1. The van der Waals surface area contributed by atoms with Gasteiger partial charge >= 0.3 is 6.09 Å². The molecular formula is C17H24BrN3O4. The van der Waals surface area contributed by atoms with E-state index in [-0.39, 0.29) is 0 Å². The van der Waals surface area contributed by atoms with Crippen molar-refractivity contribution in [2.75, 3.05) is 21.3 Å². The molecular weight excluding hydrogens is 390 g/mol. The molecule has 138 valence electrons. The minimum absolute atomic E-state index is 0.298. The van der Waals surface area contributed by atoms with Gasteiger partial charge in [-0.25, -0.2) is 9.78 Å². The monoisotopic (exact) mass is 413 g/mol. The Bertz CT molecular complexity index is 767. The third kappa shape index (κ3) is 4.64. The molecule has 2 aromatic rings. The zero-order valence-electron chi connectivity index (χ0n) is 15.4. The molecule has 0 aliphatic heterocycles. The lowest BCUT2D eigenvalue weighted by Crippen LogP contribution is -2.34. The molecule has 1 amide bonds. The number of halogens is 1. The number of imidazole rings is 1.